The van der Waals surface area contributed by atoms with Crippen LogP contribution in [-0.2, 0) is 13.0 Å². The highest BCUT2D eigenvalue weighted by atomic mass is 79.9. The molecule has 160 valence electrons. The zero-order valence-electron chi connectivity index (χ0n) is 17.7. The van der Waals surface area contributed by atoms with Crippen molar-refractivity contribution in [3.05, 3.63) is 88.1 Å². The van der Waals surface area contributed by atoms with Crippen molar-refractivity contribution in [2.45, 2.75) is 19.9 Å². The van der Waals surface area contributed by atoms with Gasteiger partial charge in [-0.05, 0) is 45.6 Å². The van der Waals surface area contributed by atoms with Crippen LogP contribution >= 0.6 is 15.9 Å². The quantitative estimate of drug-likeness (QED) is 0.427. The van der Waals surface area contributed by atoms with Crippen LogP contribution in [0.3, 0.4) is 0 Å². The lowest BCUT2D eigenvalue weighted by Gasteiger charge is -2.29. The van der Waals surface area contributed by atoms with Crippen molar-refractivity contribution in [2.75, 3.05) is 17.2 Å². The Morgan fingerprint density at radius 1 is 1.25 bits per heavy atom. The lowest BCUT2D eigenvalue weighted by atomic mass is 10.0. The number of halogens is 1. The number of benzene rings is 1. The van der Waals surface area contributed by atoms with E-state index < -0.39 is 0 Å². The van der Waals surface area contributed by atoms with Gasteiger partial charge in [0.05, 0.1) is 11.9 Å². The number of anilines is 2. The van der Waals surface area contributed by atoms with Gasteiger partial charge < -0.3 is 10.6 Å². The number of rotatable bonds is 4. The molecule has 32 heavy (non-hydrogen) atoms. The third kappa shape index (κ3) is 3.46. The van der Waals surface area contributed by atoms with Crippen LogP contribution in [0.15, 0.2) is 60.1 Å². The molecule has 0 bridgehead atoms. The van der Waals surface area contributed by atoms with Crippen LogP contribution in [0, 0.1) is 6.92 Å². The number of hydrogen-bond donors (Lipinski definition) is 1. The standard InChI is InChI=1S/C24H22BrN7/c1-3-16(10-17-7-5-4-6-15(17)2)19-12-29-32-22(26)21(25)24(30-23(19)32)31-9-8-20-18(13-31)11-27-14-28-20/h3-7,10-12,14H,1,8-9,13,26H2,2H3/b16-10+. The van der Waals surface area contributed by atoms with Gasteiger partial charge in [0.15, 0.2) is 5.65 Å². The lowest BCUT2D eigenvalue weighted by molar-refractivity contribution is 0.694. The molecule has 3 aromatic heterocycles. The Balaban J connectivity index is 1.62. The first-order chi connectivity index (χ1) is 15.6. The van der Waals surface area contributed by atoms with E-state index in [1.54, 1.807) is 17.0 Å². The highest BCUT2D eigenvalue weighted by Gasteiger charge is 2.24. The van der Waals surface area contributed by atoms with Gasteiger partial charge in [0.2, 0.25) is 0 Å². The van der Waals surface area contributed by atoms with E-state index in [9.17, 15) is 0 Å². The lowest BCUT2D eigenvalue weighted by Crippen LogP contribution is -2.32. The van der Waals surface area contributed by atoms with Gasteiger partial charge in [-0.1, -0.05) is 36.9 Å². The van der Waals surface area contributed by atoms with Gasteiger partial charge in [-0.15, -0.1) is 0 Å². The number of nitrogen functional groups attached to an aromatic ring is 1. The molecule has 4 aromatic rings. The maximum Gasteiger partial charge on any atom is 0.167 e. The summed E-state index contributed by atoms with van der Waals surface area (Å²) >= 11 is 3.65. The molecular weight excluding hydrogens is 466 g/mol. The highest BCUT2D eigenvalue weighted by molar-refractivity contribution is 9.10. The van der Waals surface area contributed by atoms with Gasteiger partial charge in [-0.25, -0.2) is 15.0 Å². The van der Waals surface area contributed by atoms with E-state index in [2.05, 4.69) is 67.6 Å². The Kier molecular flexibility index (Phi) is 5.22. The number of nitrogens with zero attached hydrogens (tertiary/aromatic N) is 6. The first kappa shape index (κ1) is 20.4. The molecule has 0 aliphatic carbocycles. The van der Waals surface area contributed by atoms with Crippen molar-refractivity contribution in [3.63, 3.8) is 0 Å². The van der Waals surface area contributed by atoms with Crippen LogP contribution < -0.4 is 10.6 Å². The van der Waals surface area contributed by atoms with Crippen LogP contribution in [0.5, 0.6) is 0 Å². The third-order valence-electron chi connectivity index (χ3n) is 5.80. The molecule has 2 N–H and O–H groups in total. The molecule has 0 unspecified atom stereocenters. The van der Waals surface area contributed by atoms with Crippen molar-refractivity contribution in [2.24, 2.45) is 0 Å². The number of nitrogens with two attached hydrogens (primary N) is 1. The van der Waals surface area contributed by atoms with E-state index >= 15 is 0 Å². The molecular formula is C24H22BrN7. The zero-order valence-corrected chi connectivity index (χ0v) is 19.2. The summed E-state index contributed by atoms with van der Waals surface area (Å²) in [4.78, 5) is 15.8. The fraction of sp³-hybridized carbons (Fsp3) is 0.167. The molecule has 1 aliphatic heterocycles. The Hall–Kier alpha value is -3.52. The molecule has 8 heteroatoms. The van der Waals surface area contributed by atoms with Gasteiger partial charge in [0.25, 0.3) is 0 Å². The molecule has 1 aliphatic rings. The second kappa shape index (κ2) is 8.20. The van der Waals surface area contributed by atoms with Crippen LogP contribution in [-0.4, -0.2) is 31.1 Å². The predicted molar refractivity (Wildman–Crippen MR) is 131 cm³/mol. The van der Waals surface area contributed by atoms with Gasteiger partial charge in [0.1, 0.15) is 22.4 Å². The summed E-state index contributed by atoms with van der Waals surface area (Å²) < 4.78 is 2.39. The number of aromatic nitrogens is 5. The first-order valence-corrected chi connectivity index (χ1v) is 11.1. The van der Waals surface area contributed by atoms with Crippen molar-refractivity contribution >= 4 is 44.9 Å². The monoisotopic (exact) mass is 487 g/mol. The Labute approximate surface area is 194 Å². The average Bonchev–Trinajstić information content (AvgIpc) is 3.24. The summed E-state index contributed by atoms with van der Waals surface area (Å²) in [6, 6.07) is 8.23. The molecule has 5 rings (SSSR count). The van der Waals surface area contributed by atoms with Gasteiger partial charge in [-0.3, -0.25) is 0 Å². The summed E-state index contributed by atoms with van der Waals surface area (Å²) in [5.74, 6) is 1.29. The summed E-state index contributed by atoms with van der Waals surface area (Å²) in [5, 5.41) is 4.51. The smallest absolute Gasteiger partial charge is 0.167 e. The SMILES string of the molecule is C=C/C(=C\c1ccccc1C)c1cnn2c(N)c(Br)c(N3CCc4ncncc4C3)nc12. The van der Waals surface area contributed by atoms with E-state index in [-0.39, 0.29) is 0 Å². The third-order valence-corrected chi connectivity index (χ3v) is 6.56. The van der Waals surface area contributed by atoms with Crippen molar-refractivity contribution in [1.82, 2.24) is 24.6 Å². The maximum absolute atomic E-state index is 6.47. The fourth-order valence-corrected chi connectivity index (χ4v) is 4.51. The van der Waals surface area contributed by atoms with Crippen LogP contribution in [0.2, 0.25) is 0 Å². The topological polar surface area (TPSA) is 85.2 Å². The van der Waals surface area contributed by atoms with E-state index in [1.165, 1.54) is 5.56 Å². The molecule has 0 fully saturated rings. The van der Waals surface area contributed by atoms with E-state index in [4.69, 9.17) is 10.7 Å². The van der Waals surface area contributed by atoms with Gasteiger partial charge >= 0.3 is 0 Å². The zero-order chi connectivity index (χ0) is 22.2. The highest BCUT2D eigenvalue weighted by Crippen LogP contribution is 2.35. The Morgan fingerprint density at radius 3 is 2.91 bits per heavy atom. The van der Waals surface area contributed by atoms with E-state index in [0.717, 1.165) is 51.2 Å². The van der Waals surface area contributed by atoms with E-state index in [0.29, 0.717) is 18.0 Å². The maximum atomic E-state index is 6.47. The summed E-state index contributed by atoms with van der Waals surface area (Å²) in [7, 11) is 0. The number of fused-ring (bicyclic) bond motifs is 2. The van der Waals surface area contributed by atoms with Crippen LogP contribution in [0.25, 0.3) is 17.3 Å². The summed E-state index contributed by atoms with van der Waals surface area (Å²) in [6.07, 6.45) is 10.0. The minimum absolute atomic E-state index is 0.505. The van der Waals surface area contributed by atoms with Crippen molar-refractivity contribution in [1.29, 1.82) is 0 Å². The summed E-state index contributed by atoms with van der Waals surface area (Å²) in [5.41, 5.74) is 13.5. The molecule has 1 aromatic carbocycles. The molecule has 7 nitrogen and oxygen atoms in total. The van der Waals surface area contributed by atoms with E-state index in [1.807, 2.05) is 24.4 Å². The molecule has 0 radical (unpaired) electrons. The molecule has 4 heterocycles. The minimum atomic E-state index is 0.505. The molecule has 0 saturated heterocycles. The van der Waals surface area contributed by atoms with Gasteiger partial charge in [-0.2, -0.15) is 9.61 Å². The summed E-state index contributed by atoms with van der Waals surface area (Å²) in [6.45, 7) is 7.59. The molecule has 0 spiro atoms. The number of allylic oxidation sites excluding steroid dienone is 2. The van der Waals surface area contributed by atoms with Crippen LogP contribution in [0.4, 0.5) is 11.6 Å². The molecule has 0 saturated carbocycles. The Bertz CT molecular complexity index is 1370. The molecule has 0 atom stereocenters. The minimum Gasteiger partial charge on any atom is -0.383 e. The number of aryl methyl sites for hydroxylation is 1. The average molecular weight is 488 g/mol. The molecule has 0 amide bonds. The van der Waals surface area contributed by atoms with Crippen molar-refractivity contribution < 1.29 is 0 Å². The second-order valence-corrected chi connectivity index (χ2v) is 8.55. The van der Waals surface area contributed by atoms with Crippen molar-refractivity contribution in [3.8, 4) is 0 Å². The predicted octanol–water partition coefficient (Wildman–Crippen LogP) is 4.46. The second-order valence-electron chi connectivity index (χ2n) is 7.75. The Morgan fingerprint density at radius 2 is 2.09 bits per heavy atom. The largest absolute Gasteiger partial charge is 0.383 e. The van der Waals surface area contributed by atoms with Crippen LogP contribution in [0.1, 0.15) is 27.9 Å². The fourth-order valence-electron chi connectivity index (χ4n) is 4.01. The first-order valence-electron chi connectivity index (χ1n) is 10.3. The normalized spacial score (nSPS) is 13.9. The number of hydrogen-bond acceptors (Lipinski definition) is 6. The van der Waals surface area contributed by atoms with Gasteiger partial charge in [0, 0.05) is 36.8 Å².